The molecule has 0 aromatic heterocycles. The van der Waals surface area contributed by atoms with Crippen LogP contribution in [-0.2, 0) is 0 Å². The standard InChI is InChI=1S/C16H25NO3/c1-12(2)20-15-5-3-13(4-6-15)16(19)8-10-17-9-7-14(18)11-17/h3-6,12,14,16,18-19H,7-11H2,1-2H3/t14-,16-/m0/s1. The van der Waals surface area contributed by atoms with Gasteiger partial charge in [-0.1, -0.05) is 12.1 Å². The minimum absolute atomic E-state index is 0.160. The van der Waals surface area contributed by atoms with E-state index in [1.807, 2.05) is 38.1 Å². The number of hydrogen-bond donors (Lipinski definition) is 2. The van der Waals surface area contributed by atoms with Crippen LogP contribution in [0.3, 0.4) is 0 Å². The first-order chi connectivity index (χ1) is 9.54. The van der Waals surface area contributed by atoms with Gasteiger partial charge in [0, 0.05) is 19.6 Å². The number of ether oxygens (including phenoxy) is 1. The molecule has 0 amide bonds. The Labute approximate surface area is 121 Å². The Hall–Kier alpha value is -1.10. The molecule has 0 aliphatic carbocycles. The Morgan fingerprint density at radius 2 is 2.00 bits per heavy atom. The molecule has 0 spiro atoms. The first-order valence-electron chi connectivity index (χ1n) is 7.39. The first-order valence-corrected chi connectivity index (χ1v) is 7.39. The number of β-amino-alcohol motifs (C(OH)–C–C–N with tert-alkyl or cyclic N) is 1. The van der Waals surface area contributed by atoms with Gasteiger partial charge in [0.1, 0.15) is 5.75 Å². The molecule has 1 saturated heterocycles. The molecule has 0 bridgehead atoms. The highest BCUT2D eigenvalue weighted by Crippen LogP contribution is 2.22. The van der Waals surface area contributed by atoms with E-state index in [9.17, 15) is 10.2 Å². The molecule has 1 aromatic rings. The fraction of sp³-hybridized carbons (Fsp3) is 0.625. The number of nitrogens with zero attached hydrogens (tertiary/aromatic N) is 1. The molecule has 0 saturated carbocycles. The monoisotopic (exact) mass is 279 g/mol. The summed E-state index contributed by atoms with van der Waals surface area (Å²) in [5, 5.41) is 19.7. The van der Waals surface area contributed by atoms with E-state index in [4.69, 9.17) is 4.74 Å². The van der Waals surface area contributed by atoms with Crippen molar-refractivity contribution < 1.29 is 14.9 Å². The van der Waals surface area contributed by atoms with Crippen molar-refractivity contribution in [3.05, 3.63) is 29.8 Å². The molecular formula is C16H25NO3. The van der Waals surface area contributed by atoms with Crippen LogP contribution in [0.2, 0.25) is 0 Å². The lowest BCUT2D eigenvalue weighted by Gasteiger charge is -2.18. The Bertz CT molecular complexity index is 405. The van der Waals surface area contributed by atoms with E-state index in [0.29, 0.717) is 6.42 Å². The van der Waals surface area contributed by atoms with Gasteiger partial charge in [-0.15, -0.1) is 0 Å². The number of aliphatic hydroxyl groups excluding tert-OH is 2. The minimum atomic E-state index is -0.458. The van der Waals surface area contributed by atoms with E-state index in [0.717, 1.165) is 37.4 Å². The summed E-state index contributed by atoms with van der Waals surface area (Å²) >= 11 is 0. The molecule has 0 radical (unpaired) electrons. The molecule has 4 nitrogen and oxygen atoms in total. The zero-order valence-electron chi connectivity index (χ0n) is 12.3. The van der Waals surface area contributed by atoms with Crippen molar-refractivity contribution in [1.82, 2.24) is 4.90 Å². The topological polar surface area (TPSA) is 52.9 Å². The third-order valence-electron chi connectivity index (χ3n) is 3.60. The summed E-state index contributed by atoms with van der Waals surface area (Å²) < 4.78 is 5.58. The van der Waals surface area contributed by atoms with Crippen molar-refractivity contribution in [2.75, 3.05) is 19.6 Å². The zero-order chi connectivity index (χ0) is 14.5. The lowest BCUT2D eigenvalue weighted by atomic mass is 10.1. The van der Waals surface area contributed by atoms with E-state index >= 15 is 0 Å². The maximum absolute atomic E-state index is 10.2. The van der Waals surface area contributed by atoms with Gasteiger partial charge in [0.2, 0.25) is 0 Å². The van der Waals surface area contributed by atoms with Gasteiger partial charge in [-0.25, -0.2) is 0 Å². The largest absolute Gasteiger partial charge is 0.491 e. The number of rotatable bonds is 6. The molecule has 1 aromatic carbocycles. The molecule has 20 heavy (non-hydrogen) atoms. The Balaban J connectivity index is 1.81. The molecule has 1 aliphatic rings. The maximum atomic E-state index is 10.2. The second kappa shape index (κ2) is 7.07. The zero-order valence-corrected chi connectivity index (χ0v) is 12.3. The number of likely N-dealkylation sites (tertiary alicyclic amines) is 1. The summed E-state index contributed by atoms with van der Waals surface area (Å²) in [6, 6.07) is 7.64. The van der Waals surface area contributed by atoms with Gasteiger partial charge in [0.05, 0.1) is 18.3 Å². The quantitative estimate of drug-likeness (QED) is 0.836. The molecular weight excluding hydrogens is 254 g/mol. The second-order valence-electron chi connectivity index (χ2n) is 5.78. The van der Waals surface area contributed by atoms with Gasteiger partial charge in [-0.05, 0) is 44.4 Å². The molecule has 1 heterocycles. The minimum Gasteiger partial charge on any atom is -0.491 e. The van der Waals surface area contributed by atoms with Crippen LogP contribution >= 0.6 is 0 Å². The van der Waals surface area contributed by atoms with E-state index in [2.05, 4.69) is 4.90 Å². The first kappa shape index (κ1) is 15.3. The highest BCUT2D eigenvalue weighted by Gasteiger charge is 2.20. The highest BCUT2D eigenvalue weighted by atomic mass is 16.5. The van der Waals surface area contributed by atoms with Crippen molar-refractivity contribution in [1.29, 1.82) is 0 Å². The van der Waals surface area contributed by atoms with Crippen LogP contribution in [0.5, 0.6) is 5.75 Å². The predicted molar refractivity (Wildman–Crippen MR) is 78.8 cm³/mol. The van der Waals surface area contributed by atoms with Crippen LogP contribution in [0.1, 0.15) is 38.4 Å². The molecule has 4 heteroatoms. The molecule has 2 rings (SSSR count). The van der Waals surface area contributed by atoms with Gasteiger partial charge < -0.3 is 19.8 Å². The summed E-state index contributed by atoms with van der Waals surface area (Å²) in [6.45, 7) is 6.46. The lowest BCUT2D eigenvalue weighted by molar-refractivity contribution is 0.138. The fourth-order valence-electron chi connectivity index (χ4n) is 2.53. The Morgan fingerprint density at radius 3 is 2.55 bits per heavy atom. The van der Waals surface area contributed by atoms with Crippen molar-refractivity contribution >= 4 is 0 Å². The average Bonchev–Trinajstić information content (AvgIpc) is 2.82. The third-order valence-corrected chi connectivity index (χ3v) is 3.60. The Morgan fingerprint density at radius 1 is 1.30 bits per heavy atom. The van der Waals surface area contributed by atoms with Crippen LogP contribution in [0, 0.1) is 0 Å². The van der Waals surface area contributed by atoms with Crippen LogP contribution in [0.4, 0.5) is 0 Å². The predicted octanol–water partition coefficient (Wildman–Crippen LogP) is 1.96. The van der Waals surface area contributed by atoms with Gasteiger partial charge in [-0.2, -0.15) is 0 Å². The van der Waals surface area contributed by atoms with Gasteiger partial charge in [0.15, 0.2) is 0 Å². The van der Waals surface area contributed by atoms with E-state index < -0.39 is 6.10 Å². The number of hydrogen-bond acceptors (Lipinski definition) is 4. The number of benzene rings is 1. The van der Waals surface area contributed by atoms with Crippen LogP contribution in [0.15, 0.2) is 24.3 Å². The summed E-state index contributed by atoms with van der Waals surface area (Å²) in [7, 11) is 0. The molecule has 0 unspecified atom stereocenters. The molecule has 112 valence electrons. The second-order valence-corrected chi connectivity index (χ2v) is 5.78. The summed E-state index contributed by atoms with van der Waals surface area (Å²) in [4.78, 5) is 2.20. The molecule has 2 atom stereocenters. The third kappa shape index (κ3) is 4.47. The van der Waals surface area contributed by atoms with E-state index in [-0.39, 0.29) is 12.2 Å². The van der Waals surface area contributed by atoms with Gasteiger partial charge >= 0.3 is 0 Å². The smallest absolute Gasteiger partial charge is 0.119 e. The summed E-state index contributed by atoms with van der Waals surface area (Å²) in [6.07, 6.45) is 1.04. The van der Waals surface area contributed by atoms with Crippen molar-refractivity contribution in [2.45, 2.75) is 45.0 Å². The van der Waals surface area contributed by atoms with Crippen molar-refractivity contribution in [3.63, 3.8) is 0 Å². The summed E-state index contributed by atoms with van der Waals surface area (Å²) in [5.41, 5.74) is 0.917. The van der Waals surface area contributed by atoms with Crippen LogP contribution in [0.25, 0.3) is 0 Å². The van der Waals surface area contributed by atoms with Gasteiger partial charge in [-0.3, -0.25) is 0 Å². The normalized spacial score (nSPS) is 21.4. The average molecular weight is 279 g/mol. The number of aliphatic hydroxyl groups is 2. The Kier molecular flexibility index (Phi) is 5.40. The molecule has 2 N–H and O–H groups in total. The van der Waals surface area contributed by atoms with E-state index in [1.54, 1.807) is 0 Å². The van der Waals surface area contributed by atoms with Crippen molar-refractivity contribution in [2.24, 2.45) is 0 Å². The van der Waals surface area contributed by atoms with Crippen LogP contribution in [-0.4, -0.2) is 47.0 Å². The van der Waals surface area contributed by atoms with Crippen molar-refractivity contribution in [3.8, 4) is 5.75 Å². The van der Waals surface area contributed by atoms with E-state index in [1.165, 1.54) is 0 Å². The lowest BCUT2D eigenvalue weighted by Crippen LogP contribution is -2.24. The SMILES string of the molecule is CC(C)Oc1ccc([C@@H](O)CCN2CC[C@H](O)C2)cc1. The molecule has 1 fully saturated rings. The fourth-order valence-corrected chi connectivity index (χ4v) is 2.53. The summed E-state index contributed by atoms with van der Waals surface area (Å²) in [5.74, 6) is 0.832. The van der Waals surface area contributed by atoms with Crippen LogP contribution < -0.4 is 4.74 Å². The maximum Gasteiger partial charge on any atom is 0.119 e. The van der Waals surface area contributed by atoms with Gasteiger partial charge in [0.25, 0.3) is 0 Å². The highest BCUT2D eigenvalue weighted by molar-refractivity contribution is 5.28. The molecule has 1 aliphatic heterocycles.